The molecule has 0 radical (unpaired) electrons. The minimum absolute atomic E-state index is 0.00138. The predicted octanol–water partition coefficient (Wildman–Crippen LogP) is 13.0. The SMILES string of the molecule is Cc1c(C)c2c(c(C)c1O)CC(c1cc(O)ccc1OP(=O)(Oc1ccc(O)cc1)Oc1ccc(O)cc1)[C@](C)(CCC[C@H](C)CCC[C@@H](C)CCCC(C)C)O2. The number of phenolic OH excluding ortho intramolecular Hbond substituents is 4. The van der Waals surface area contributed by atoms with Crippen LogP contribution >= 0.6 is 7.82 Å². The van der Waals surface area contributed by atoms with Gasteiger partial charge < -0.3 is 38.7 Å². The topological polar surface area (TPSA) is 135 Å². The molecule has 1 heterocycles. The van der Waals surface area contributed by atoms with E-state index in [1.165, 1.54) is 93.1 Å². The van der Waals surface area contributed by atoms with Gasteiger partial charge in [-0.3, -0.25) is 0 Å². The quantitative estimate of drug-likeness (QED) is 0.0683. The minimum atomic E-state index is -4.54. The summed E-state index contributed by atoms with van der Waals surface area (Å²) in [5.41, 5.74) is 3.01. The molecule has 9 nitrogen and oxygen atoms in total. The zero-order valence-corrected chi connectivity index (χ0v) is 35.9. The summed E-state index contributed by atoms with van der Waals surface area (Å²) < 4.78 is 39.9. The Morgan fingerprint density at radius 2 is 1.19 bits per heavy atom. The van der Waals surface area contributed by atoms with Gasteiger partial charge in [0.1, 0.15) is 51.6 Å². The second-order valence-corrected chi connectivity index (χ2v) is 18.4. The molecule has 0 saturated heterocycles. The van der Waals surface area contributed by atoms with E-state index in [-0.39, 0.29) is 40.2 Å². The Hall–Kier alpha value is -4.49. The van der Waals surface area contributed by atoms with Crippen molar-refractivity contribution in [3.63, 3.8) is 0 Å². The second kappa shape index (κ2) is 18.8. The normalized spacial score (nSPS) is 17.7. The number of hydrogen-bond acceptors (Lipinski definition) is 9. The summed E-state index contributed by atoms with van der Waals surface area (Å²) >= 11 is 0. The van der Waals surface area contributed by atoms with Crippen LogP contribution in [0.5, 0.6) is 46.0 Å². The van der Waals surface area contributed by atoms with E-state index in [4.69, 9.17) is 18.3 Å². The van der Waals surface area contributed by atoms with E-state index >= 15 is 0 Å². The smallest absolute Gasteiger partial charge is 0.508 e. The van der Waals surface area contributed by atoms with Crippen LogP contribution in [0.1, 0.15) is 126 Å². The number of benzene rings is 4. The Morgan fingerprint density at radius 3 is 1.74 bits per heavy atom. The van der Waals surface area contributed by atoms with Crippen molar-refractivity contribution in [2.75, 3.05) is 0 Å². The molecular weight excluding hydrogens is 739 g/mol. The second-order valence-electron chi connectivity index (χ2n) is 17.0. The zero-order valence-electron chi connectivity index (χ0n) is 35.0. The van der Waals surface area contributed by atoms with E-state index in [0.29, 0.717) is 24.3 Å². The van der Waals surface area contributed by atoms with Gasteiger partial charge in [-0.15, -0.1) is 0 Å². The van der Waals surface area contributed by atoms with Gasteiger partial charge >= 0.3 is 7.82 Å². The fourth-order valence-corrected chi connectivity index (χ4v) is 9.34. The Morgan fingerprint density at radius 1 is 0.684 bits per heavy atom. The van der Waals surface area contributed by atoms with Crippen LogP contribution < -0.4 is 18.3 Å². The van der Waals surface area contributed by atoms with Gasteiger partial charge in [-0.05, 0) is 148 Å². The maximum atomic E-state index is 14.7. The number of phenols is 4. The first-order valence-electron chi connectivity index (χ1n) is 20.6. The number of aromatic hydroxyl groups is 4. The molecule has 4 aromatic rings. The van der Waals surface area contributed by atoms with Crippen LogP contribution in [0.3, 0.4) is 0 Å². The van der Waals surface area contributed by atoms with Crippen LogP contribution in [0, 0.1) is 38.5 Å². The molecule has 4 atom stereocenters. The van der Waals surface area contributed by atoms with Gasteiger partial charge in [0.15, 0.2) is 0 Å². The number of rotatable bonds is 19. The molecule has 0 aromatic heterocycles. The number of phosphoric acid groups is 1. The van der Waals surface area contributed by atoms with Crippen molar-refractivity contribution in [1.29, 1.82) is 0 Å². The monoisotopic (exact) mass is 802 g/mol. The van der Waals surface area contributed by atoms with E-state index in [1.54, 1.807) is 12.1 Å². The first kappa shape index (κ1) is 43.6. The predicted molar refractivity (Wildman–Crippen MR) is 226 cm³/mol. The third kappa shape index (κ3) is 11.3. The number of fused-ring (bicyclic) bond motifs is 1. The molecule has 0 fully saturated rings. The maximum absolute atomic E-state index is 14.7. The van der Waals surface area contributed by atoms with Crippen LogP contribution in [0.15, 0.2) is 66.7 Å². The Balaban J connectivity index is 1.44. The lowest BCUT2D eigenvalue weighted by molar-refractivity contribution is 0.0290. The molecule has 57 heavy (non-hydrogen) atoms. The van der Waals surface area contributed by atoms with E-state index < -0.39 is 19.3 Å². The molecule has 0 amide bonds. The summed E-state index contributed by atoms with van der Waals surface area (Å²) in [5, 5.41) is 41.9. The lowest BCUT2D eigenvalue weighted by Gasteiger charge is -2.45. The van der Waals surface area contributed by atoms with Crippen LogP contribution in [-0.4, -0.2) is 26.0 Å². The lowest BCUT2D eigenvalue weighted by atomic mass is 9.72. The van der Waals surface area contributed by atoms with Gasteiger partial charge in [-0.2, -0.15) is 4.57 Å². The third-order valence-electron chi connectivity index (χ3n) is 11.7. The van der Waals surface area contributed by atoms with Gasteiger partial charge in [0, 0.05) is 17.0 Å². The summed E-state index contributed by atoms with van der Waals surface area (Å²) in [6.07, 6.45) is 10.6. The highest BCUT2D eigenvalue weighted by Gasteiger charge is 2.46. The van der Waals surface area contributed by atoms with Crippen LogP contribution in [0.4, 0.5) is 0 Å². The van der Waals surface area contributed by atoms with E-state index in [0.717, 1.165) is 52.7 Å². The van der Waals surface area contributed by atoms with Gasteiger partial charge in [-0.25, -0.2) is 0 Å². The van der Waals surface area contributed by atoms with Crippen molar-refractivity contribution in [3.05, 3.63) is 94.5 Å². The van der Waals surface area contributed by atoms with E-state index in [1.807, 2.05) is 20.8 Å². The summed E-state index contributed by atoms with van der Waals surface area (Å²) in [7, 11) is -4.54. The average molecular weight is 803 g/mol. The average Bonchev–Trinajstić information content (AvgIpc) is 3.15. The van der Waals surface area contributed by atoms with Gasteiger partial charge in [0.25, 0.3) is 0 Å². The Labute approximate surface area is 339 Å². The molecule has 0 bridgehead atoms. The highest BCUT2D eigenvalue weighted by Crippen LogP contribution is 2.56. The number of hydrogen-bond donors (Lipinski definition) is 4. The van der Waals surface area contributed by atoms with Crippen LogP contribution in [-0.2, 0) is 11.0 Å². The lowest BCUT2D eigenvalue weighted by Crippen LogP contribution is -2.44. The third-order valence-corrected chi connectivity index (χ3v) is 13.0. The molecule has 1 aliphatic rings. The maximum Gasteiger partial charge on any atom is 0.647 e. The summed E-state index contributed by atoms with van der Waals surface area (Å²) in [6, 6.07) is 16.0. The van der Waals surface area contributed by atoms with Crippen molar-refractivity contribution >= 4 is 7.82 Å². The fourth-order valence-electron chi connectivity index (χ4n) is 8.06. The number of phosphoric ester groups is 1. The minimum Gasteiger partial charge on any atom is -0.508 e. The van der Waals surface area contributed by atoms with E-state index in [9.17, 15) is 25.0 Å². The van der Waals surface area contributed by atoms with Crippen molar-refractivity contribution in [2.45, 2.75) is 131 Å². The van der Waals surface area contributed by atoms with Crippen LogP contribution in [0.25, 0.3) is 0 Å². The van der Waals surface area contributed by atoms with Gasteiger partial charge in [0.05, 0.1) is 0 Å². The molecule has 0 spiro atoms. The zero-order chi connectivity index (χ0) is 41.5. The molecular formula is C47H63O9P. The number of ether oxygens (including phenoxy) is 1. The summed E-state index contributed by atoms with van der Waals surface area (Å²) in [6.45, 7) is 17.2. The van der Waals surface area contributed by atoms with Gasteiger partial charge in [-0.1, -0.05) is 72.6 Å². The first-order chi connectivity index (χ1) is 27.0. The van der Waals surface area contributed by atoms with Crippen molar-refractivity contribution in [2.24, 2.45) is 17.8 Å². The van der Waals surface area contributed by atoms with Crippen molar-refractivity contribution in [1.82, 2.24) is 0 Å². The van der Waals surface area contributed by atoms with Crippen molar-refractivity contribution < 1.29 is 43.3 Å². The standard InChI is InChI=1S/C47H63O9P/c1-30(2)12-9-13-31(3)14-10-15-32(4)16-11-27-47(8)43(29-41-35(7)45(51)33(5)34(6)46(41)53-47)42-28-38(50)21-26-44(42)56-57(52,54-39-22-17-36(48)18-23-39)55-40-24-19-37(49)20-25-40/h17-26,28,30-32,43,48-51H,9-16,27,29H2,1-8H3/t31-,32+,43?,47-/m0/s1. The highest BCUT2D eigenvalue weighted by atomic mass is 31.2. The Kier molecular flexibility index (Phi) is 14.4. The summed E-state index contributed by atoms with van der Waals surface area (Å²) in [4.78, 5) is 0. The van der Waals surface area contributed by atoms with E-state index in [2.05, 4.69) is 34.6 Å². The largest absolute Gasteiger partial charge is 0.647 e. The van der Waals surface area contributed by atoms with Crippen molar-refractivity contribution in [3.8, 4) is 46.0 Å². The molecule has 0 aliphatic carbocycles. The molecule has 0 saturated carbocycles. The van der Waals surface area contributed by atoms with Gasteiger partial charge in [0.2, 0.25) is 0 Å². The molecule has 5 rings (SSSR count). The van der Waals surface area contributed by atoms with Crippen LogP contribution in [0.2, 0.25) is 0 Å². The molecule has 10 heteroatoms. The Bertz CT molecular complexity index is 1940. The fraction of sp³-hybridized carbons (Fsp3) is 0.489. The first-order valence-corrected chi connectivity index (χ1v) is 22.0. The molecule has 4 aromatic carbocycles. The molecule has 310 valence electrons. The molecule has 4 N–H and O–H groups in total. The highest BCUT2D eigenvalue weighted by molar-refractivity contribution is 7.49. The summed E-state index contributed by atoms with van der Waals surface area (Å²) in [5.74, 6) is 3.04. The molecule has 1 aliphatic heterocycles. The molecule has 1 unspecified atom stereocenters.